The fraction of sp³-hybridized carbons (Fsp3) is 0.927. The predicted molar refractivity (Wildman–Crippen MR) is 200 cm³/mol. The number of hydrogen-bond donors (Lipinski definition) is 1. The number of rotatable bonds is 38. The van der Waals surface area contributed by atoms with Crippen LogP contribution in [0, 0.1) is 11.8 Å². The average Bonchev–Trinajstić information content (AvgIpc) is 3.08. The number of esters is 2. The van der Waals surface area contributed by atoms with Gasteiger partial charge in [-0.25, -0.2) is 4.79 Å². The lowest BCUT2D eigenvalue weighted by atomic mass is 9.92. The van der Waals surface area contributed by atoms with Crippen molar-refractivity contribution < 1.29 is 38.4 Å². The fourth-order valence-electron chi connectivity index (χ4n) is 6.23. The SMILES string of the molecule is CCCCCC(CCCCC)CCOC(=O)CCCCCOCC(OCCCCCC(=O)OCCC(CCCCC)CCCCC)C(=O)O. The van der Waals surface area contributed by atoms with Gasteiger partial charge in [-0.1, -0.05) is 143 Å². The van der Waals surface area contributed by atoms with Crippen molar-refractivity contribution in [1.82, 2.24) is 0 Å². The Morgan fingerprint density at radius 1 is 0.469 bits per heavy atom. The van der Waals surface area contributed by atoms with Gasteiger partial charge in [-0.05, 0) is 50.4 Å². The first-order valence-electron chi connectivity index (χ1n) is 20.6. The number of carbonyl (C=O) groups excluding carboxylic acids is 2. The van der Waals surface area contributed by atoms with Crippen molar-refractivity contribution in [1.29, 1.82) is 0 Å². The van der Waals surface area contributed by atoms with Crippen LogP contribution in [0.15, 0.2) is 0 Å². The standard InChI is InChI=1S/C41H78O8/c1-5-9-15-23-36(24-16-10-6-2)29-33-48-39(42)27-19-13-21-31-46-35-38(41(44)45)47-32-22-14-20-28-40(43)49-34-30-37(25-17-11-7-3)26-18-12-8-4/h36-38H,5-35H2,1-4H3,(H,44,45). The minimum absolute atomic E-state index is 0.000731. The van der Waals surface area contributed by atoms with Gasteiger partial charge in [0, 0.05) is 26.1 Å². The van der Waals surface area contributed by atoms with Gasteiger partial charge in [0.15, 0.2) is 6.10 Å². The third kappa shape index (κ3) is 32.0. The van der Waals surface area contributed by atoms with Crippen molar-refractivity contribution in [2.45, 2.75) is 201 Å². The molecule has 0 bridgehead atoms. The van der Waals surface area contributed by atoms with Crippen molar-refractivity contribution in [2.24, 2.45) is 11.8 Å². The lowest BCUT2D eigenvalue weighted by Gasteiger charge is -2.17. The quantitative estimate of drug-likeness (QED) is 0.0501. The van der Waals surface area contributed by atoms with E-state index < -0.39 is 12.1 Å². The molecule has 49 heavy (non-hydrogen) atoms. The number of ether oxygens (including phenoxy) is 4. The molecule has 0 radical (unpaired) electrons. The largest absolute Gasteiger partial charge is 0.479 e. The van der Waals surface area contributed by atoms with Gasteiger partial charge in [-0.2, -0.15) is 0 Å². The Morgan fingerprint density at radius 2 is 0.878 bits per heavy atom. The van der Waals surface area contributed by atoms with Gasteiger partial charge in [0.2, 0.25) is 0 Å². The second-order valence-electron chi connectivity index (χ2n) is 14.1. The van der Waals surface area contributed by atoms with E-state index in [1.54, 1.807) is 0 Å². The van der Waals surface area contributed by atoms with Gasteiger partial charge in [-0.15, -0.1) is 0 Å². The first-order valence-corrected chi connectivity index (χ1v) is 20.6. The molecule has 0 aromatic rings. The van der Waals surface area contributed by atoms with Gasteiger partial charge in [0.05, 0.1) is 19.8 Å². The van der Waals surface area contributed by atoms with Crippen LogP contribution >= 0.6 is 0 Å². The van der Waals surface area contributed by atoms with E-state index in [0.717, 1.165) is 38.5 Å². The summed E-state index contributed by atoms with van der Waals surface area (Å²) in [6.07, 6.45) is 26.2. The van der Waals surface area contributed by atoms with E-state index in [0.29, 0.717) is 63.9 Å². The summed E-state index contributed by atoms with van der Waals surface area (Å²) < 4.78 is 22.2. The Bertz CT molecular complexity index is 738. The minimum Gasteiger partial charge on any atom is -0.479 e. The molecule has 0 aromatic heterocycles. The van der Waals surface area contributed by atoms with Crippen molar-refractivity contribution in [3.63, 3.8) is 0 Å². The summed E-state index contributed by atoms with van der Waals surface area (Å²) in [5.74, 6) is 0.00226. The van der Waals surface area contributed by atoms with Crippen LogP contribution in [0.3, 0.4) is 0 Å². The van der Waals surface area contributed by atoms with Crippen molar-refractivity contribution in [3.8, 4) is 0 Å². The molecule has 0 aliphatic heterocycles. The molecule has 0 fully saturated rings. The van der Waals surface area contributed by atoms with Gasteiger partial charge in [-0.3, -0.25) is 9.59 Å². The minimum atomic E-state index is -1.04. The summed E-state index contributed by atoms with van der Waals surface area (Å²) in [5.41, 5.74) is 0. The maximum absolute atomic E-state index is 12.2. The van der Waals surface area contributed by atoms with Crippen LogP contribution in [0.1, 0.15) is 195 Å². The normalized spacial score (nSPS) is 12.1. The number of aliphatic carboxylic acids is 1. The Morgan fingerprint density at radius 3 is 1.27 bits per heavy atom. The zero-order chi connectivity index (χ0) is 36.2. The summed E-state index contributed by atoms with van der Waals surface area (Å²) in [6.45, 7) is 10.7. The molecule has 0 saturated carbocycles. The topological polar surface area (TPSA) is 108 Å². The first-order chi connectivity index (χ1) is 23.9. The molecule has 0 aliphatic rings. The number of hydrogen-bond acceptors (Lipinski definition) is 7. The third-order valence-corrected chi connectivity index (χ3v) is 9.50. The van der Waals surface area contributed by atoms with E-state index >= 15 is 0 Å². The first kappa shape index (κ1) is 47.3. The van der Waals surface area contributed by atoms with Crippen LogP contribution < -0.4 is 0 Å². The zero-order valence-corrected chi connectivity index (χ0v) is 32.5. The molecule has 0 rings (SSSR count). The lowest BCUT2D eigenvalue weighted by molar-refractivity contribution is -0.154. The van der Waals surface area contributed by atoms with Crippen LogP contribution in [-0.2, 0) is 33.3 Å². The Labute approximate surface area is 301 Å². The molecule has 0 spiro atoms. The molecule has 8 heteroatoms. The molecule has 0 aliphatic carbocycles. The Kier molecular flexibility index (Phi) is 34.9. The fourth-order valence-corrected chi connectivity index (χ4v) is 6.23. The van der Waals surface area contributed by atoms with Crippen molar-refractivity contribution in [3.05, 3.63) is 0 Å². The van der Waals surface area contributed by atoms with E-state index in [-0.39, 0.29) is 18.5 Å². The van der Waals surface area contributed by atoms with Crippen molar-refractivity contribution in [2.75, 3.05) is 33.0 Å². The maximum atomic E-state index is 12.2. The highest BCUT2D eigenvalue weighted by Gasteiger charge is 2.18. The number of unbranched alkanes of at least 4 members (excludes halogenated alkanes) is 12. The molecule has 290 valence electrons. The average molecular weight is 699 g/mol. The Hall–Kier alpha value is -1.67. The predicted octanol–water partition coefficient (Wildman–Crippen LogP) is 11.0. The summed E-state index contributed by atoms with van der Waals surface area (Å²) in [5, 5.41) is 9.49. The van der Waals surface area contributed by atoms with E-state index in [4.69, 9.17) is 18.9 Å². The second-order valence-corrected chi connectivity index (χ2v) is 14.1. The summed E-state index contributed by atoms with van der Waals surface area (Å²) in [4.78, 5) is 36.0. The zero-order valence-electron chi connectivity index (χ0n) is 32.5. The highest BCUT2D eigenvalue weighted by atomic mass is 16.6. The third-order valence-electron chi connectivity index (χ3n) is 9.50. The number of carboxylic acid groups (broad SMARTS) is 1. The molecule has 1 unspecified atom stereocenters. The molecule has 1 atom stereocenters. The van der Waals surface area contributed by atoms with Gasteiger partial charge >= 0.3 is 17.9 Å². The smallest absolute Gasteiger partial charge is 0.335 e. The highest BCUT2D eigenvalue weighted by Crippen LogP contribution is 2.22. The van der Waals surface area contributed by atoms with Crippen LogP contribution in [0.25, 0.3) is 0 Å². The number of carboxylic acids is 1. The second kappa shape index (κ2) is 36.1. The molecule has 0 aromatic carbocycles. The summed E-state index contributed by atoms with van der Waals surface area (Å²) >= 11 is 0. The van der Waals surface area contributed by atoms with Gasteiger partial charge in [0.1, 0.15) is 0 Å². The van der Waals surface area contributed by atoms with Crippen LogP contribution in [0.5, 0.6) is 0 Å². The van der Waals surface area contributed by atoms with Crippen molar-refractivity contribution >= 4 is 17.9 Å². The molecule has 8 nitrogen and oxygen atoms in total. The van der Waals surface area contributed by atoms with E-state index in [9.17, 15) is 19.5 Å². The molecule has 0 saturated heterocycles. The van der Waals surface area contributed by atoms with Crippen LogP contribution in [0.2, 0.25) is 0 Å². The van der Waals surface area contributed by atoms with E-state index in [2.05, 4.69) is 27.7 Å². The summed E-state index contributed by atoms with van der Waals surface area (Å²) in [6, 6.07) is 0. The monoisotopic (exact) mass is 699 g/mol. The van der Waals surface area contributed by atoms with E-state index in [1.807, 2.05) is 0 Å². The highest BCUT2D eigenvalue weighted by molar-refractivity contribution is 5.72. The molecule has 0 heterocycles. The van der Waals surface area contributed by atoms with Crippen LogP contribution in [-0.4, -0.2) is 62.2 Å². The molecule has 1 N–H and O–H groups in total. The lowest BCUT2D eigenvalue weighted by Crippen LogP contribution is -2.29. The van der Waals surface area contributed by atoms with E-state index in [1.165, 1.54) is 103 Å². The number of carbonyl (C=O) groups is 3. The van der Waals surface area contributed by atoms with Gasteiger partial charge in [0.25, 0.3) is 0 Å². The molecular formula is C41H78O8. The van der Waals surface area contributed by atoms with Crippen LogP contribution in [0.4, 0.5) is 0 Å². The Balaban J connectivity index is 3.94. The molecular weight excluding hydrogens is 620 g/mol. The van der Waals surface area contributed by atoms with Gasteiger partial charge < -0.3 is 24.1 Å². The maximum Gasteiger partial charge on any atom is 0.335 e. The molecule has 0 amide bonds. The summed E-state index contributed by atoms with van der Waals surface area (Å²) in [7, 11) is 0.